The van der Waals surface area contributed by atoms with Gasteiger partial charge in [-0.1, -0.05) is 12.8 Å². The average molecular weight is 225 g/mol. The number of aromatic amines is 1. The smallest absolute Gasteiger partial charge is 0.288 e. The summed E-state index contributed by atoms with van der Waals surface area (Å²) < 4.78 is 0. The van der Waals surface area contributed by atoms with E-state index < -0.39 is 6.10 Å². The van der Waals surface area contributed by atoms with Crippen LogP contribution in [0.5, 0.6) is 0 Å². The van der Waals surface area contributed by atoms with Crippen molar-refractivity contribution < 1.29 is 9.90 Å². The standard InChI is InChI=1S/C9H15N5O2/c10-9-12-7(13-14-9)8(16)11-5-3-1-2-4-6(5)15/h5-6,15H,1-4H2,(H,11,16)(H3,10,12,13,14)/t5-,6-/m1/s1. The van der Waals surface area contributed by atoms with Gasteiger partial charge in [0.2, 0.25) is 11.8 Å². The number of rotatable bonds is 2. The number of hydrogen-bond donors (Lipinski definition) is 4. The second-order valence-electron chi connectivity index (χ2n) is 3.97. The Labute approximate surface area is 92.4 Å². The highest BCUT2D eigenvalue weighted by atomic mass is 16.3. The van der Waals surface area contributed by atoms with Gasteiger partial charge in [0, 0.05) is 0 Å². The fourth-order valence-corrected chi connectivity index (χ4v) is 1.89. The number of carbonyl (C=O) groups is 1. The summed E-state index contributed by atoms with van der Waals surface area (Å²) >= 11 is 0. The van der Waals surface area contributed by atoms with Gasteiger partial charge >= 0.3 is 0 Å². The number of hydrogen-bond acceptors (Lipinski definition) is 5. The molecule has 0 radical (unpaired) electrons. The first-order chi connectivity index (χ1) is 7.66. The topological polar surface area (TPSA) is 117 Å². The zero-order valence-electron chi connectivity index (χ0n) is 8.81. The molecule has 0 bridgehead atoms. The zero-order valence-corrected chi connectivity index (χ0v) is 8.81. The van der Waals surface area contributed by atoms with E-state index in [9.17, 15) is 9.90 Å². The Morgan fingerprint density at radius 3 is 2.88 bits per heavy atom. The number of amides is 1. The summed E-state index contributed by atoms with van der Waals surface area (Å²) in [5.74, 6) is -0.264. The van der Waals surface area contributed by atoms with Gasteiger partial charge in [-0.15, -0.1) is 5.10 Å². The number of aliphatic hydroxyl groups is 1. The first-order valence-electron chi connectivity index (χ1n) is 5.33. The minimum Gasteiger partial charge on any atom is -0.391 e. The zero-order chi connectivity index (χ0) is 11.5. The number of nitrogens with zero attached hydrogens (tertiary/aromatic N) is 2. The van der Waals surface area contributed by atoms with Crippen LogP contribution in [-0.2, 0) is 0 Å². The summed E-state index contributed by atoms with van der Waals surface area (Å²) in [6, 6.07) is -0.201. The molecule has 1 fully saturated rings. The molecule has 1 amide bonds. The van der Waals surface area contributed by atoms with Crippen LogP contribution < -0.4 is 11.1 Å². The molecule has 0 spiro atoms. The summed E-state index contributed by atoms with van der Waals surface area (Å²) in [6.07, 6.45) is 3.06. The highest BCUT2D eigenvalue weighted by molar-refractivity contribution is 5.90. The highest BCUT2D eigenvalue weighted by Gasteiger charge is 2.25. The van der Waals surface area contributed by atoms with E-state index in [1.54, 1.807) is 0 Å². The third kappa shape index (κ3) is 2.30. The van der Waals surface area contributed by atoms with Gasteiger partial charge in [-0.25, -0.2) is 0 Å². The Morgan fingerprint density at radius 1 is 1.50 bits per heavy atom. The fourth-order valence-electron chi connectivity index (χ4n) is 1.89. The molecule has 0 aromatic carbocycles. The van der Waals surface area contributed by atoms with Crippen LogP contribution >= 0.6 is 0 Å². The van der Waals surface area contributed by atoms with Crippen LogP contribution in [0.2, 0.25) is 0 Å². The minimum absolute atomic E-state index is 0.0364. The van der Waals surface area contributed by atoms with Crippen molar-refractivity contribution in [2.45, 2.75) is 37.8 Å². The maximum Gasteiger partial charge on any atom is 0.288 e. The number of nitrogen functional groups attached to an aromatic ring is 1. The van der Waals surface area contributed by atoms with Crippen LogP contribution in [0.1, 0.15) is 36.3 Å². The third-order valence-corrected chi connectivity index (χ3v) is 2.76. The van der Waals surface area contributed by atoms with Crippen LogP contribution in [0.15, 0.2) is 0 Å². The molecule has 1 aliphatic carbocycles. The average Bonchev–Trinajstić information content (AvgIpc) is 2.68. The Balaban J connectivity index is 1.96. The second-order valence-corrected chi connectivity index (χ2v) is 3.97. The van der Waals surface area contributed by atoms with Crippen LogP contribution in [0, 0.1) is 0 Å². The predicted octanol–water partition coefficient (Wildman–Crippen LogP) is -0.580. The molecule has 2 atom stereocenters. The molecule has 1 saturated carbocycles. The van der Waals surface area contributed by atoms with E-state index in [4.69, 9.17) is 5.73 Å². The van der Waals surface area contributed by atoms with Gasteiger partial charge in [0.05, 0.1) is 12.1 Å². The lowest BCUT2D eigenvalue weighted by Gasteiger charge is -2.27. The quantitative estimate of drug-likeness (QED) is 0.537. The minimum atomic E-state index is -0.474. The number of aromatic nitrogens is 3. The lowest BCUT2D eigenvalue weighted by atomic mass is 9.92. The molecule has 1 aromatic heterocycles. The van der Waals surface area contributed by atoms with E-state index in [2.05, 4.69) is 20.5 Å². The Kier molecular flexibility index (Phi) is 3.04. The number of anilines is 1. The van der Waals surface area contributed by atoms with Crippen LogP contribution in [0.25, 0.3) is 0 Å². The third-order valence-electron chi connectivity index (χ3n) is 2.76. The summed E-state index contributed by atoms with van der Waals surface area (Å²) in [5, 5.41) is 18.4. The van der Waals surface area contributed by atoms with Gasteiger partial charge in [0.15, 0.2) is 0 Å². The van der Waals surface area contributed by atoms with Gasteiger partial charge in [0.1, 0.15) is 0 Å². The fraction of sp³-hybridized carbons (Fsp3) is 0.667. The second kappa shape index (κ2) is 4.48. The van der Waals surface area contributed by atoms with Gasteiger partial charge in [-0.05, 0) is 12.8 Å². The molecule has 88 valence electrons. The van der Waals surface area contributed by atoms with E-state index in [0.717, 1.165) is 25.7 Å². The van der Waals surface area contributed by atoms with E-state index in [0.29, 0.717) is 0 Å². The molecule has 7 heteroatoms. The first kappa shape index (κ1) is 10.9. The highest BCUT2D eigenvalue weighted by Crippen LogP contribution is 2.18. The summed E-state index contributed by atoms with van der Waals surface area (Å²) in [6.45, 7) is 0. The van der Waals surface area contributed by atoms with Gasteiger partial charge in [0.25, 0.3) is 5.91 Å². The molecule has 1 aromatic rings. The molecule has 7 nitrogen and oxygen atoms in total. The predicted molar refractivity (Wildman–Crippen MR) is 56.5 cm³/mol. The molecular weight excluding hydrogens is 210 g/mol. The van der Waals surface area contributed by atoms with E-state index in [-0.39, 0.29) is 23.7 Å². The van der Waals surface area contributed by atoms with Crippen molar-refractivity contribution in [2.24, 2.45) is 0 Å². The first-order valence-corrected chi connectivity index (χ1v) is 5.33. The van der Waals surface area contributed by atoms with Crippen molar-refractivity contribution >= 4 is 11.9 Å². The van der Waals surface area contributed by atoms with Crippen LogP contribution in [-0.4, -0.2) is 38.3 Å². The van der Waals surface area contributed by atoms with Crippen molar-refractivity contribution in [2.75, 3.05) is 5.73 Å². The normalized spacial score (nSPS) is 25.3. The van der Waals surface area contributed by atoms with Crippen molar-refractivity contribution in [1.29, 1.82) is 0 Å². The monoisotopic (exact) mass is 225 g/mol. The number of nitrogens with one attached hydrogen (secondary N) is 2. The molecule has 2 rings (SSSR count). The lowest BCUT2D eigenvalue weighted by Crippen LogP contribution is -2.45. The van der Waals surface area contributed by atoms with E-state index in [1.165, 1.54) is 0 Å². The Bertz CT molecular complexity index is 378. The van der Waals surface area contributed by atoms with Crippen LogP contribution in [0.3, 0.4) is 0 Å². The van der Waals surface area contributed by atoms with Crippen molar-refractivity contribution in [3.63, 3.8) is 0 Å². The molecule has 0 saturated heterocycles. The molecule has 1 heterocycles. The number of aliphatic hydroxyl groups excluding tert-OH is 1. The van der Waals surface area contributed by atoms with Crippen molar-refractivity contribution in [3.05, 3.63) is 5.82 Å². The molecule has 0 aliphatic heterocycles. The van der Waals surface area contributed by atoms with E-state index in [1.807, 2.05) is 0 Å². The lowest BCUT2D eigenvalue weighted by molar-refractivity contribution is 0.0710. The van der Waals surface area contributed by atoms with E-state index >= 15 is 0 Å². The Hall–Kier alpha value is -1.63. The molecule has 16 heavy (non-hydrogen) atoms. The maximum atomic E-state index is 11.7. The summed E-state index contributed by atoms with van der Waals surface area (Å²) in [4.78, 5) is 15.4. The SMILES string of the molecule is Nc1n[nH]c(C(=O)N[C@@H]2CCCC[C@H]2O)n1. The van der Waals surface area contributed by atoms with Gasteiger partial charge in [-0.3, -0.25) is 9.89 Å². The van der Waals surface area contributed by atoms with Gasteiger partial charge in [-0.2, -0.15) is 4.98 Å². The maximum absolute atomic E-state index is 11.7. The molecule has 5 N–H and O–H groups in total. The largest absolute Gasteiger partial charge is 0.391 e. The van der Waals surface area contributed by atoms with Crippen molar-refractivity contribution in [1.82, 2.24) is 20.5 Å². The molecule has 1 aliphatic rings. The van der Waals surface area contributed by atoms with Crippen molar-refractivity contribution in [3.8, 4) is 0 Å². The Morgan fingerprint density at radius 2 is 2.25 bits per heavy atom. The molecule has 0 unspecified atom stereocenters. The summed E-state index contributed by atoms with van der Waals surface area (Å²) in [7, 11) is 0. The number of nitrogens with two attached hydrogens (primary N) is 1. The van der Waals surface area contributed by atoms with Crippen LogP contribution in [0.4, 0.5) is 5.95 Å². The number of H-pyrrole nitrogens is 1. The summed E-state index contributed by atoms with van der Waals surface area (Å²) in [5.41, 5.74) is 5.29. The van der Waals surface area contributed by atoms with Gasteiger partial charge < -0.3 is 16.2 Å². The number of carbonyl (C=O) groups excluding carboxylic acids is 1. The molecular formula is C9H15N5O2.